The number of piperazine rings is 1. The Bertz CT molecular complexity index is 920. The zero-order valence-corrected chi connectivity index (χ0v) is 18.0. The minimum Gasteiger partial charge on any atom is -0.304 e. The van der Waals surface area contributed by atoms with Crippen molar-refractivity contribution in [3.63, 3.8) is 0 Å². The monoisotopic (exact) mass is 419 g/mol. The zero-order valence-electron chi connectivity index (χ0n) is 16.3. The third-order valence-corrected chi connectivity index (χ3v) is 7.74. The highest BCUT2D eigenvalue weighted by atomic mass is 32.2. The van der Waals surface area contributed by atoms with Gasteiger partial charge in [-0.15, -0.1) is 0 Å². The van der Waals surface area contributed by atoms with E-state index in [-0.39, 0.29) is 15.9 Å². The number of pyridine rings is 1. The fraction of sp³-hybridized carbons (Fsp3) is 0.400. The van der Waals surface area contributed by atoms with Crippen LogP contribution in [0.1, 0.15) is 22.8 Å². The third kappa shape index (κ3) is 4.81. The first-order chi connectivity index (χ1) is 13.3. The van der Waals surface area contributed by atoms with Gasteiger partial charge in [0.05, 0.1) is 10.3 Å². The molecule has 0 aliphatic carbocycles. The summed E-state index contributed by atoms with van der Waals surface area (Å²) in [5, 5.41) is 0.320. The lowest BCUT2D eigenvalue weighted by Crippen LogP contribution is -2.47. The van der Waals surface area contributed by atoms with E-state index in [0.717, 1.165) is 18.7 Å². The highest BCUT2D eigenvalue weighted by molar-refractivity contribution is 8.00. The molecule has 0 saturated carbocycles. The molecule has 0 unspecified atom stereocenters. The number of ketones is 1. The number of sulfonamides is 1. The van der Waals surface area contributed by atoms with Crippen molar-refractivity contribution < 1.29 is 13.2 Å². The standard InChI is InChI=1S/C20H25N3O3S2/c1-15-4-6-17(7-5-15)20(24)16(2)27-19-9-8-18(14-21-19)28(25,26)23-12-10-22(3)11-13-23/h4-9,14,16H,10-13H2,1-3H3/t16-/m1/s1. The van der Waals surface area contributed by atoms with Crippen molar-refractivity contribution in [3.05, 3.63) is 53.7 Å². The average Bonchev–Trinajstić information content (AvgIpc) is 2.69. The lowest BCUT2D eigenvalue weighted by Gasteiger charge is -2.31. The zero-order chi connectivity index (χ0) is 20.3. The molecule has 8 heteroatoms. The van der Waals surface area contributed by atoms with E-state index >= 15 is 0 Å². The Morgan fingerprint density at radius 2 is 1.71 bits per heavy atom. The molecule has 2 heterocycles. The summed E-state index contributed by atoms with van der Waals surface area (Å²) in [4.78, 5) is 19.1. The Morgan fingerprint density at radius 1 is 1.07 bits per heavy atom. The number of nitrogens with zero attached hydrogens (tertiary/aromatic N) is 3. The molecule has 0 bridgehead atoms. The molecule has 28 heavy (non-hydrogen) atoms. The number of hydrogen-bond donors (Lipinski definition) is 0. The number of carbonyl (C=O) groups is 1. The molecule has 1 saturated heterocycles. The van der Waals surface area contributed by atoms with E-state index in [1.54, 1.807) is 12.1 Å². The lowest BCUT2D eigenvalue weighted by atomic mass is 10.1. The third-order valence-electron chi connectivity index (χ3n) is 4.81. The minimum atomic E-state index is -3.53. The van der Waals surface area contributed by atoms with Crippen LogP contribution in [0, 0.1) is 6.92 Å². The number of aromatic nitrogens is 1. The number of benzene rings is 1. The first-order valence-corrected chi connectivity index (χ1v) is 11.5. The Hall–Kier alpha value is -1.74. The van der Waals surface area contributed by atoms with Crippen LogP contribution >= 0.6 is 11.8 Å². The van der Waals surface area contributed by atoms with Gasteiger partial charge in [0.2, 0.25) is 10.0 Å². The van der Waals surface area contributed by atoms with Crippen molar-refractivity contribution in [3.8, 4) is 0 Å². The van der Waals surface area contributed by atoms with Crippen molar-refractivity contribution in [1.82, 2.24) is 14.2 Å². The molecule has 1 fully saturated rings. The largest absolute Gasteiger partial charge is 0.304 e. The molecular weight excluding hydrogens is 394 g/mol. The van der Waals surface area contributed by atoms with Crippen LogP contribution in [0.4, 0.5) is 0 Å². The van der Waals surface area contributed by atoms with Gasteiger partial charge in [0, 0.05) is 37.9 Å². The van der Waals surface area contributed by atoms with Crippen LogP contribution in [0.25, 0.3) is 0 Å². The second kappa shape index (κ2) is 8.73. The van der Waals surface area contributed by atoms with Gasteiger partial charge in [-0.05, 0) is 33.0 Å². The second-order valence-corrected chi connectivity index (χ2v) is 10.3. The van der Waals surface area contributed by atoms with Crippen LogP contribution in [0.5, 0.6) is 0 Å². The molecule has 0 amide bonds. The van der Waals surface area contributed by atoms with Crippen molar-refractivity contribution in [2.24, 2.45) is 0 Å². The Balaban J connectivity index is 1.67. The first-order valence-electron chi connectivity index (χ1n) is 9.19. The lowest BCUT2D eigenvalue weighted by molar-refractivity contribution is 0.0994. The fourth-order valence-electron chi connectivity index (χ4n) is 2.95. The molecular formula is C20H25N3O3S2. The summed E-state index contributed by atoms with van der Waals surface area (Å²) in [6, 6.07) is 10.7. The number of thioether (sulfide) groups is 1. The number of Topliss-reactive ketones (excluding diaryl/α,β-unsaturated/α-hetero) is 1. The molecule has 2 aromatic rings. The molecule has 1 aliphatic rings. The molecule has 3 rings (SSSR count). The summed E-state index contributed by atoms with van der Waals surface area (Å²) in [5.41, 5.74) is 1.77. The van der Waals surface area contributed by atoms with Gasteiger partial charge in [0.15, 0.2) is 5.78 Å². The summed E-state index contributed by atoms with van der Waals surface area (Å²) in [6.07, 6.45) is 1.39. The molecule has 1 aromatic carbocycles. The molecule has 0 radical (unpaired) electrons. The van der Waals surface area contributed by atoms with Gasteiger partial charge >= 0.3 is 0 Å². The number of aryl methyl sites for hydroxylation is 1. The predicted molar refractivity (Wildman–Crippen MR) is 111 cm³/mol. The van der Waals surface area contributed by atoms with Crippen LogP contribution in [0.2, 0.25) is 0 Å². The van der Waals surface area contributed by atoms with E-state index in [1.165, 1.54) is 22.3 Å². The summed E-state index contributed by atoms with van der Waals surface area (Å²) in [6.45, 7) is 6.23. The maximum absolute atomic E-state index is 12.8. The summed E-state index contributed by atoms with van der Waals surface area (Å²) in [7, 11) is -1.54. The maximum Gasteiger partial charge on any atom is 0.244 e. The average molecular weight is 420 g/mol. The van der Waals surface area contributed by atoms with E-state index in [2.05, 4.69) is 9.88 Å². The Morgan fingerprint density at radius 3 is 2.29 bits per heavy atom. The van der Waals surface area contributed by atoms with Crippen LogP contribution in [0.3, 0.4) is 0 Å². The van der Waals surface area contributed by atoms with Crippen molar-refractivity contribution in [2.45, 2.75) is 29.0 Å². The van der Waals surface area contributed by atoms with Gasteiger partial charge in [-0.3, -0.25) is 4.79 Å². The van der Waals surface area contributed by atoms with Crippen molar-refractivity contribution in [1.29, 1.82) is 0 Å². The van der Waals surface area contributed by atoms with Crippen LogP contribution < -0.4 is 0 Å². The smallest absolute Gasteiger partial charge is 0.244 e. The highest BCUT2D eigenvalue weighted by Crippen LogP contribution is 2.26. The Labute approximate surface area is 171 Å². The Kier molecular flexibility index (Phi) is 6.54. The van der Waals surface area contributed by atoms with Crippen LogP contribution in [0.15, 0.2) is 52.5 Å². The van der Waals surface area contributed by atoms with Gasteiger partial charge < -0.3 is 4.90 Å². The minimum absolute atomic E-state index is 0.0286. The predicted octanol–water partition coefficient (Wildman–Crippen LogP) is 2.69. The molecule has 0 spiro atoms. The SMILES string of the molecule is Cc1ccc(C(=O)[C@@H](C)Sc2ccc(S(=O)(=O)N3CCN(C)CC3)cn2)cc1. The molecule has 1 aromatic heterocycles. The van der Waals surface area contributed by atoms with Gasteiger partial charge in [-0.2, -0.15) is 4.31 Å². The molecule has 1 aliphatic heterocycles. The highest BCUT2D eigenvalue weighted by Gasteiger charge is 2.27. The normalized spacial score (nSPS) is 17.4. The molecule has 0 N–H and O–H groups in total. The van der Waals surface area contributed by atoms with Gasteiger partial charge in [0.25, 0.3) is 0 Å². The molecule has 1 atom stereocenters. The van der Waals surface area contributed by atoms with E-state index in [1.807, 2.05) is 45.2 Å². The van der Waals surface area contributed by atoms with Crippen LogP contribution in [-0.2, 0) is 10.0 Å². The van der Waals surface area contributed by atoms with Crippen molar-refractivity contribution in [2.75, 3.05) is 33.2 Å². The fourth-order valence-corrected chi connectivity index (χ4v) is 5.19. The summed E-state index contributed by atoms with van der Waals surface area (Å²) in [5.74, 6) is 0.0286. The maximum atomic E-state index is 12.8. The van der Waals surface area contributed by atoms with E-state index in [4.69, 9.17) is 0 Å². The van der Waals surface area contributed by atoms with Gasteiger partial charge in [-0.25, -0.2) is 13.4 Å². The van der Waals surface area contributed by atoms with E-state index in [9.17, 15) is 13.2 Å². The van der Waals surface area contributed by atoms with E-state index < -0.39 is 10.0 Å². The summed E-state index contributed by atoms with van der Waals surface area (Å²) < 4.78 is 27.0. The topological polar surface area (TPSA) is 70.6 Å². The summed E-state index contributed by atoms with van der Waals surface area (Å²) >= 11 is 1.33. The molecule has 150 valence electrons. The number of likely N-dealkylation sites (N-methyl/N-ethyl adjacent to an activating group) is 1. The number of rotatable bonds is 6. The second-order valence-electron chi connectivity index (χ2n) is 7.03. The van der Waals surface area contributed by atoms with Gasteiger partial charge in [0.1, 0.15) is 4.90 Å². The molecule has 6 nitrogen and oxygen atoms in total. The first kappa shape index (κ1) is 21.0. The quantitative estimate of drug-likeness (QED) is 0.530. The van der Waals surface area contributed by atoms with Crippen LogP contribution in [-0.4, -0.2) is 66.9 Å². The van der Waals surface area contributed by atoms with Crippen molar-refractivity contribution >= 4 is 27.6 Å². The number of carbonyl (C=O) groups excluding carboxylic acids is 1. The van der Waals surface area contributed by atoms with Gasteiger partial charge in [-0.1, -0.05) is 41.6 Å². The number of hydrogen-bond acceptors (Lipinski definition) is 6. The van der Waals surface area contributed by atoms with E-state index in [0.29, 0.717) is 23.7 Å².